The van der Waals surface area contributed by atoms with Gasteiger partial charge in [0.2, 0.25) is 5.91 Å². The number of hydrogen-bond acceptors (Lipinski definition) is 4. The Morgan fingerprint density at radius 3 is 2.56 bits per heavy atom. The molecular formula is C8H11ClN2O4S. The highest BCUT2D eigenvalue weighted by molar-refractivity contribution is 7.94. The van der Waals surface area contributed by atoms with Crippen LogP contribution >= 0.6 is 11.6 Å². The van der Waals surface area contributed by atoms with Gasteiger partial charge in [0.05, 0.1) is 11.8 Å². The van der Waals surface area contributed by atoms with Gasteiger partial charge in [-0.1, -0.05) is 0 Å². The van der Waals surface area contributed by atoms with Crippen LogP contribution in [0, 0.1) is 0 Å². The van der Waals surface area contributed by atoms with Crippen molar-refractivity contribution in [3.63, 3.8) is 0 Å². The van der Waals surface area contributed by atoms with Gasteiger partial charge in [-0.05, 0) is 13.0 Å². The highest BCUT2D eigenvalue weighted by Gasteiger charge is 2.23. The van der Waals surface area contributed by atoms with Crippen LogP contribution in [0.25, 0.3) is 0 Å². The van der Waals surface area contributed by atoms with E-state index in [2.05, 4.69) is 5.32 Å². The lowest BCUT2D eigenvalue weighted by atomic mass is 10.3. The molecule has 0 aromatic carbocycles. The normalized spacial score (nSPS) is 23.8. The second-order valence-corrected chi connectivity index (χ2v) is 5.93. The first kappa shape index (κ1) is 13.0. The summed E-state index contributed by atoms with van der Waals surface area (Å²) in [6, 6.07) is -1.37. The first-order valence-corrected chi connectivity index (χ1v) is 6.62. The van der Waals surface area contributed by atoms with Gasteiger partial charge in [0.1, 0.15) is 5.38 Å². The summed E-state index contributed by atoms with van der Waals surface area (Å²) in [5.74, 6) is -0.825. The number of nitrogens with one attached hydrogen (secondary N) is 2. The highest BCUT2D eigenvalue weighted by atomic mass is 35.5. The highest BCUT2D eigenvalue weighted by Crippen LogP contribution is 2.07. The van der Waals surface area contributed by atoms with Gasteiger partial charge in [0.15, 0.2) is 9.84 Å². The summed E-state index contributed by atoms with van der Waals surface area (Å²) in [6.45, 7) is 1.42. The Labute approximate surface area is 97.9 Å². The Hall–Kier alpha value is -1.08. The molecule has 0 aromatic heterocycles. The molecule has 0 saturated carbocycles. The fourth-order valence-electron chi connectivity index (χ4n) is 1.08. The zero-order valence-corrected chi connectivity index (χ0v) is 10.0. The molecule has 1 aliphatic rings. The van der Waals surface area contributed by atoms with Crippen molar-refractivity contribution >= 4 is 33.4 Å². The number of amides is 3. The zero-order valence-electron chi connectivity index (χ0n) is 8.44. The molecule has 0 bridgehead atoms. The van der Waals surface area contributed by atoms with Crippen LogP contribution in [0.3, 0.4) is 0 Å². The monoisotopic (exact) mass is 266 g/mol. The van der Waals surface area contributed by atoms with Crippen LogP contribution in [-0.2, 0) is 14.6 Å². The molecule has 16 heavy (non-hydrogen) atoms. The number of sulfone groups is 1. The average molecular weight is 267 g/mol. The third kappa shape index (κ3) is 3.82. The van der Waals surface area contributed by atoms with Crippen molar-refractivity contribution in [2.24, 2.45) is 0 Å². The van der Waals surface area contributed by atoms with Gasteiger partial charge in [0.25, 0.3) is 0 Å². The molecule has 0 spiro atoms. The summed E-state index contributed by atoms with van der Waals surface area (Å²) in [5, 5.41) is 4.52. The number of carbonyl (C=O) groups excluding carboxylic acids is 2. The molecule has 2 atom stereocenters. The number of carbonyl (C=O) groups is 2. The van der Waals surface area contributed by atoms with Gasteiger partial charge in [-0.2, -0.15) is 0 Å². The van der Waals surface area contributed by atoms with E-state index in [0.29, 0.717) is 0 Å². The summed E-state index contributed by atoms with van der Waals surface area (Å²) in [7, 11) is -3.22. The number of urea groups is 1. The van der Waals surface area contributed by atoms with Crippen molar-refractivity contribution < 1.29 is 18.0 Å². The summed E-state index contributed by atoms with van der Waals surface area (Å²) in [6.07, 6.45) is 1.35. The van der Waals surface area contributed by atoms with Crippen LogP contribution in [0.15, 0.2) is 11.5 Å². The van der Waals surface area contributed by atoms with Crippen molar-refractivity contribution in [3.8, 4) is 0 Å². The van der Waals surface area contributed by atoms with Crippen LogP contribution in [0.5, 0.6) is 0 Å². The van der Waals surface area contributed by atoms with E-state index >= 15 is 0 Å². The summed E-state index contributed by atoms with van der Waals surface area (Å²) in [5.41, 5.74) is 0. The van der Waals surface area contributed by atoms with Gasteiger partial charge < -0.3 is 5.32 Å². The van der Waals surface area contributed by atoms with Crippen LogP contribution in [0.4, 0.5) is 4.79 Å². The fraction of sp³-hybridized carbons (Fsp3) is 0.500. The van der Waals surface area contributed by atoms with Gasteiger partial charge in [-0.3, -0.25) is 10.1 Å². The molecule has 0 radical (unpaired) electrons. The number of rotatable bonds is 2. The fourth-order valence-corrected chi connectivity index (χ4v) is 2.37. The first-order valence-electron chi connectivity index (χ1n) is 4.46. The van der Waals surface area contributed by atoms with Crippen LogP contribution in [-0.4, -0.2) is 37.5 Å². The summed E-state index contributed by atoms with van der Waals surface area (Å²) in [4.78, 5) is 22.2. The van der Waals surface area contributed by atoms with Gasteiger partial charge in [0, 0.05) is 5.41 Å². The first-order chi connectivity index (χ1) is 7.30. The summed E-state index contributed by atoms with van der Waals surface area (Å²) < 4.78 is 22.0. The lowest BCUT2D eigenvalue weighted by Crippen LogP contribution is -2.46. The quantitative estimate of drug-likeness (QED) is 0.674. The molecule has 0 saturated heterocycles. The minimum atomic E-state index is -3.22. The Morgan fingerprint density at radius 1 is 1.50 bits per heavy atom. The predicted molar refractivity (Wildman–Crippen MR) is 58.7 cm³/mol. The minimum absolute atomic E-state index is 0.189. The minimum Gasteiger partial charge on any atom is -0.331 e. The molecule has 2 unspecified atom stereocenters. The van der Waals surface area contributed by atoms with Crippen molar-refractivity contribution in [3.05, 3.63) is 11.5 Å². The van der Waals surface area contributed by atoms with Crippen molar-refractivity contribution in [2.45, 2.75) is 18.3 Å². The number of halogens is 1. The van der Waals surface area contributed by atoms with E-state index in [0.717, 1.165) is 5.41 Å². The molecule has 0 aromatic rings. The van der Waals surface area contributed by atoms with Gasteiger partial charge in [-0.15, -0.1) is 11.6 Å². The maximum atomic E-state index is 11.2. The predicted octanol–water partition coefficient (Wildman–Crippen LogP) is -0.250. The van der Waals surface area contributed by atoms with E-state index in [1.807, 2.05) is 5.32 Å². The maximum absolute atomic E-state index is 11.2. The number of hydrogen-bond donors (Lipinski definition) is 2. The van der Waals surface area contributed by atoms with Crippen molar-refractivity contribution in [2.75, 3.05) is 5.75 Å². The second-order valence-electron chi connectivity index (χ2n) is 3.34. The molecule has 3 amide bonds. The molecule has 0 aliphatic carbocycles. The Bertz CT molecular complexity index is 429. The SMILES string of the molecule is CC(Cl)C(=O)NC(=O)NC1C=CS(=O)(=O)C1. The van der Waals surface area contributed by atoms with Crippen LogP contribution in [0.2, 0.25) is 0 Å². The molecular weight excluding hydrogens is 256 g/mol. The number of imide groups is 1. The third-order valence-corrected chi connectivity index (χ3v) is 3.44. The molecule has 90 valence electrons. The van der Waals surface area contributed by atoms with E-state index in [1.165, 1.54) is 13.0 Å². The average Bonchev–Trinajstić information content (AvgIpc) is 2.44. The van der Waals surface area contributed by atoms with E-state index < -0.39 is 33.2 Å². The molecule has 6 nitrogen and oxygen atoms in total. The molecule has 8 heteroatoms. The van der Waals surface area contributed by atoms with Crippen LogP contribution < -0.4 is 10.6 Å². The van der Waals surface area contributed by atoms with Gasteiger partial charge in [-0.25, -0.2) is 13.2 Å². The lowest BCUT2D eigenvalue weighted by Gasteiger charge is -2.10. The lowest BCUT2D eigenvalue weighted by molar-refractivity contribution is -0.119. The number of alkyl halides is 1. The van der Waals surface area contributed by atoms with Gasteiger partial charge >= 0.3 is 6.03 Å². The largest absolute Gasteiger partial charge is 0.331 e. The third-order valence-electron chi connectivity index (χ3n) is 1.84. The molecule has 0 fully saturated rings. The van der Waals surface area contributed by atoms with Crippen LogP contribution in [0.1, 0.15) is 6.92 Å². The summed E-state index contributed by atoms with van der Waals surface area (Å²) >= 11 is 5.43. The topological polar surface area (TPSA) is 92.3 Å². The zero-order chi connectivity index (χ0) is 12.3. The van der Waals surface area contributed by atoms with Crippen molar-refractivity contribution in [1.82, 2.24) is 10.6 Å². The van der Waals surface area contributed by atoms with E-state index in [-0.39, 0.29) is 5.75 Å². The Balaban J connectivity index is 2.43. The Kier molecular flexibility index (Phi) is 3.93. The standard InChI is InChI=1S/C8H11ClN2O4S/c1-5(9)7(12)11-8(13)10-6-2-3-16(14,15)4-6/h2-3,5-6H,4H2,1H3,(H2,10,11,12,13). The van der Waals surface area contributed by atoms with Crippen molar-refractivity contribution in [1.29, 1.82) is 0 Å². The molecule has 2 N–H and O–H groups in total. The Morgan fingerprint density at radius 2 is 2.12 bits per heavy atom. The van der Waals surface area contributed by atoms with E-state index in [4.69, 9.17) is 11.6 Å². The molecule has 1 aliphatic heterocycles. The maximum Gasteiger partial charge on any atom is 0.321 e. The van der Waals surface area contributed by atoms with E-state index in [9.17, 15) is 18.0 Å². The van der Waals surface area contributed by atoms with E-state index in [1.54, 1.807) is 0 Å². The smallest absolute Gasteiger partial charge is 0.321 e. The molecule has 1 heterocycles. The molecule has 1 rings (SSSR count). The second kappa shape index (κ2) is 4.84.